The highest BCUT2D eigenvalue weighted by molar-refractivity contribution is 4.90. The van der Waals surface area contributed by atoms with Crippen molar-refractivity contribution in [3.8, 4) is 0 Å². The van der Waals surface area contributed by atoms with E-state index in [1.165, 1.54) is 0 Å². The van der Waals surface area contributed by atoms with Crippen LogP contribution in [0.5, 0.6) is 0 Å². The molecule has 0 radical (unpaired) electrons. The van der Waals surface area contributed by atoms with Crippen LogP contribution in [0.15, 0.2) is 0 Å². The zero-order chi connectivity index (χ0) is 12.9. The Morgan fingerprint density at radius 1 is 1.31 bits per heavy atom. The first-order valence-electron chi connectivity index (χ1n) is 4.94. The second-order valence-corrected chi connectivity index (χ2v) is 3.91. The van der Waals surface area contributed by atoms with E-state index in [2.05, 4.69) is 4.74 Å². The second-order valence-electron chi connectivity index (χ2n) is 3.91. The fourth-order valence-corrected chi connectivity index (χ4v) is 1.03. The number of rotatable bonds is 1. The van der Waals surface area contributed by atoms with Crippen LogP contribution in [0.25, 0.3) is 0 Å². The Morgan fingerprint density at radius 3 is 2.12 bits per heavy atom. The summed E-state index contributed by atoms with van der Waals surface area (Å²) in [6.07, 6.45) is -4.62. The lowest BCUT2D eigenvalue weighted by atomic mass is 9.98. The van der Waals surface area contributed by atoms with Gasteiger partial charge in [0.1, 0.15) is 18.3 Å². The smallest absolute Gasteiger partial charge is 0.218 e. The van der Waals surface area contributed by atoms with Crippen molar-refractivity contribution in [2.75, 3.05) is 13.2 Å². The van der Waals surface area contributed by atoms with Crippen molar-refractivity contribution in [3.63, 3.8) is 0 Å². The first kappa shape index (κ1) is 15.7. The quantitative estimate of drug-likeness (QED) is 0.291. The Labute approximate surface area is 93.5 Å². The summed E-state index contributed by atoms with van der Waals surface area (Å²) in [6.45, 7) is 2.28. The standard InChI is InChI=1S/C6H12O6.C3H8O/c7-2-6(11)5(10)4(9)3(8)1-12-6;1-3(2)4/h3-5,7-11H,1-2H2;3-4H,1-2H3/t3-,4-,5+,6+;/m1./s1. The van der Waals surface area contributed by atoms with Crippen LogP contribution < -0.4 is 0 Å². The maximum absolute atomic E-state index is 9.24. The molecule has 16 heavy (non-hydrogen) atoms. The minimum absolute atomic E-state index is 0.167. The van der Waals surface area contributed by atoms with Gasteiger partial charge in [0.15, 0.2) is 0 Å². The Hall–Kier alpha value is -0.280. The van der Waals surface area contributed by atoms with Gasteiger partial charge in [-0.1, -0.05) is 0 Å². The molecule has 0 spiro atoms. The molecule has 4 atom stereocenters. The minimum atomic E-state index is -2.17. The van der Waals surface area contributed by atoms with Crippen LogP contribution >= 0.6 is 0 Å². The van der Waals surface area contributed by atoms with Crippen molar-refractivity contribution >= 4 is 0 Å². The highest BCUT2D eigenvalue weighted by Crippen LogP contribution is 2.22. The number of hydrogen-bond acceptors (Lipinski definition) is 7. The van der Waals surface area contributed by atoms with E-state index >= 15 is 0 Å². The van der Waals surface area contributed by atoms with Crippen LogP contribution in [-0.2, 0) is 4.74 Å². The maximum Gasteiger partial charge on any atom is 0.218 e. The third-order valence-electron chi connectivity index (χ3n) is 1.91. The summed E-state index contributed by atoms with van der Waals surface area (Å²) in [4.78, 5) is 0. The maximum atomic E-state index is 9.24. The molecule has 1 aliphatic heterocycles. The molecule has 0 saturated carbocycles. The number of aliphatic hydroxyl groups is 6. The van der Waals surface area contributed by atoms with Crippen LogP contribution in [0.3, 0.4) is 0 Å². The van der Waals surface area contributed by atoms with Gasteiger partial charge in [-0.2, -0.15) is 0 Å². The average Bonchev–Trinajstić information content (AvgIpc) is 2.20. The Morgan fingerprint density at radius 2 is 1.75 bits per heavy atom. The molecule has 0 unspecified atom stereocenters. The van der Waals surface area contributed by atoms with E-state index in [4.69, 9.17) is 25.5 Å². The summed E-state index contributed by atoms with van der Waals surface area (Å²) in [6, 6.07) is 0. The van der Waals surface area contributed by atoms with E-state index in [9.17, 15) is 5.11 Å². The molecule has 0 amide bonds. The fourth-order valence-electron chi connectivity index (χ4n) is 1.03. The molecule has 0 aromatic carbocycles. The van der Waals surface area contributed by atoms with Gasteiger partial charge >= 0.3 is 0 Å². The van der Waals surface area contributed by atoms with Gasteiger partial charge in [-0.05, 0) is 13.8 Å². The summed E-state index contributed by atoms with van der Waals surface area (Å²) >= 11 is 0. The fraction of sp³-hybridized carbons (Fsp3) is 1.00. The monoisotopic (exact) mass is 240 g/mol. The first-order chi connectivity index (χ1) is 7.24. The molecule has 1 heterocycles. The largest absolute Gasteiger partial charge is 0.394 e. The highest BCUT2D eigenvalue weighted by Gasteiger charge is 2.47. The van der Waals surface area contributed by atoms with Gasteiger partial charge in [0.05, 0.1) is 13.2 Å². The molecule has 0 aromatic rings. The van der Waals surface area contributed by atoms with Gasteiger partial charge in [0.2, 0.25) is 5.79 Å². The Balaban J connectivity index is 0.000000487. The molecule has 6 N–H and O–H groups in total. The third kappa shape index (κ3) is 4.30. The van der Waals surface area contributed by atoms with Gasteiger partial charge < -0.3 is 35.4 Å². The second kappa shape index (κ2) is 6.45. The lowest BCUT2D eigenvalue weighted by Gasteiger charge is -2.40. The summed E-state index contributed by atoms with van der Waals surface area (Å²) in [5, 5.41) is 53.0. The van der Waals surface area contributed by atoms with E-state index < -0.39 is 30.7 Å². The van der Waals surface area contributed by atoms with Crippen molar-refractivity contribution in [2.24, 2.45) is 0 Å². The molecule has 0 aromatic heterocycles. The van der Waals surface area contributed by atoms with Crippen molar-refractivity contribution in [3.05, 3.63) is 0 Å². The van der Waals surface area contributed by atoms with Gasteiger partial charge in [0, 0.05) is 6.10 Å². The van der Waals surface area contributed by atoms with E-state index in [1.807, 2.05) is 0 Å². The van der Waals surface area contributed by atoms with Crippen molar-refractivity contribution in [1.82, 2.24) is 0 Å². The zero-order valence-electron chi connectivity index (χ0n) is 9.32. The van der Waals surface area contributed by atoms with E-state index in [0.29, 0.717) is 0 Å². The number of ether oxygens (including phenoxy) is 1. The molecule has 0 aliphatic carbocycles. The van der Waals surface area contributed by atoms with Gasteiger partial charge in [-0.3, -0.25) is 0 Å². The summed E-state index contributed by atoms with van der Waals surface area (Å²) in [5.41, 5.74) is 0. The predicted octanol–water partition coefficient (Wildman–Crippen LogP) is -2.83. The number of hydrogen-bond donors (Lipinski definition) is 6. The Bertz CT molecular complexity index is 196. The van der Waals surface area contributed by atoms with Gasteiger partial charge in [0.25, 0.3) is 0 Å². The van der Waals surface area contributed by atoms with Crippen LogP contribution in [-0.4, -0.2) is 74.1 Å². The summed E-state index contributed by atoms with van der Waals surface area (Å²) < 4.78 is 4.56. The van der Waals surface area contributed by atoms with E-state index in [0.717, 1.165) is 0 Å². The van der Waals surface area contributed by atoms with Crippen LogP contribution in [0.4, 0.5) is 0 Å². The minimum Gasteiger partial charge on any atom is -0.394 e. The average molecular weight is 240 g/mol. The molecule has 98 valence electrons. The van der Waals surface area contributed by atoms with Crippen molar-refractivity contribution in [2.45, 2.75) is 44.1 Å². The molecule has 1 aliphatic rings. The van der Waals surface area contributed by atoms with Gasteiger partial charge in [-0.25, -0.2) is 0 Å². The molecule has 1 saturated heterocycles. The van der Waals surface area contributed by atoms with E-state index in [1.54, 1.807) is 13.8 Å². The summed E-state index contributed by atoms with van der Waals surface area (Å²) in [7, 11) is 0. The normalized spacial score (nSPS) is 39.2. The van der Waals surface area contributed by atoms with Crippen LogP contribution in [0.2, 0.25) is 0 Å². The lowest BCUT2D eigenvalue weighted by Crippen LogP contribution is -2.62. The summed E-state index contributed by atoms with van der Waals surface area (Å²) in [5.74, 6) is -2.17. The SMILES string of the molecule is CC(C)O.OC[C@]1(O)OC[C@@H](O)[C@@H](O)[C@@H]1O. The van der Waals surface area contributed by atoms with E-state index in [-0.39, 0.29) is 12.7 Å². The zero-order valence-corrected chi connectivity index (χ0v) is 9.32. The Kier molecular flexibility index (Phi) is 6.34. The molecule has 7 heteroatoms. The molecule has 1 fully saturated rings. The molecular formula is C9H20O7. The molecule has 1 rings (SSSR count). The number of aliphatic hydroxyl groups excluding tert-OH is 5. The third-order valence-corrected chi connectivity index (χ3v) is 1.91. The molecule has 0 bridgehead atoms. The van der Waals surface area contributed by atoms with Crippen LogP contribution in [0.1, 0.15) is 13.8 Å². The predicted molar refractivity (Wildman–Crippen MR) is 53.4 cm³/mol. The lowest BCUT2D eigenvalue weighted by molar-refractivity contribution is -0.331. The van der Waals surface area contributed by atoms with Crippen molar-refractivity contribution in [1.29, 1.82) is 0 Å². The molecular weight excluding hydrogens is 220 g/mol. The molecule has 7 nitrogen and oxygen atoms in total. The topological polar surface area (TPSA) is 131 Å². The first-order valence-corrected chi connectivity index (χ1v) is 4.94. The van der Waals surface area contributed by atoms with Crippen LogP contribution in [0, 0.1) is 0 Å². The van der Waals surface area contributed by atoms with Gasteiger partial charge in [-0.15, -0.1) is 0 Å². The van der Waals surface area contributed by atoms with Crippen molar-refractivity contribution < 1.29 is 35.4 Å². The highest BCUT2D eigenvalue weighted by atomic mass is 16.7.